The van der Waals surface area contributed by atoms with Crippen LogP contribution in [0.25, 0.3) is 34.4 Å². The summed E-state index contributed by atoms with van der Waals surface area (Å²) in [4.78, 5) is 29.5. The third-order valence-corrected chi connectivity index (χ3v) is 4.03. The molecule has 0 spiro atoms. The molecule has 0 fully saturated rings. The zero-order valence-electron chi connectivity index (χ0n) is 14.0. The first-order valence-corrected chi connectivity index (χ1v) is 8.12. The molecule has 27 heavy (non-hydrogen) atoms. The largest absolute Gasteiger partial charge is 0.457 e. The van der Waals surface area contributed by atoms with E-state index in [1.54, 1.807) is 54.6 Å². The third-order valence-electron chi connectivity index (χ3n) is 4.03. The summed E-state index contributed by atoms with van der Waals surface area (Å²) in [5.74, 6) is 1.58. The minimum Gasteiger partial charge on any atom is -0.457 e. The summed E-state index contributed by atoms with van der Waals surface area (Å²) >= 11 is 0. The molecule has 0 aliphatic carbocycles. The van der Waals surface area contributed by atoms with Crippen molar-refractivity contribution in [2.45, 2.75) is 0 Å². The van der Waals surface area contributed by atoms with E-state index in [-0.39, 0.29) is 11.2 Å². The van der Waals surface area contributed by atoms with Gasteiger partial charge in [0.2, 0.25) is 0 Å². The number of aromatic nitrogens is 2. The average molecular weight is 359 g/mol. The van der Waals surface area contributed by atoms with Crippen molar-refractivity contribution < 1.29 is 9.34 Å². The lowest BCUT2D eigenvalue weighted by atomic mass is 10.1. The lowest BCUT2D eigenvalue weighted by Crippen LogP contribution is -2.09. The Hall–Kier alpha value is -4.00. The Labute approximate surface area is 152 Å². The van der Waals surface area contributed by atoms with Crippen molar-refractivity contribution in [2.24, 2.45) is 0 Å². The summed E-state index contributed by atoms with van der Waals surface area (Å²) in [7, 11) is 0. The van der Waals surface area contributed by atoms with Crippen LogP contribution >= 0.6 is 0 Å². The smallest absolute Gasteiger partial charge is 0.269 e. The molecule has 2 aromatic carbocycles. The Kier molecular flexibility index (Phi) is 4.10. The van der Waals surface area contributed by atoms with Gasteiger partial charge in [0.25, 0.3) is 11.2 Å². The zero-order valence-corrected chi connectivity index (χ0v) is 14.0. The summed E-state index contributed by atoms with van der Waals surface area (Å²) in [6.45, 7) is 0. The van der Waals surface area contributed by atoms with E-state index in [0.29, 0.717) is 28.2 Å². The fourth-order valence-corrected chi connectivity index (χ4v) is 2.69. The molecule has 0 atom stereocenters. The second-order valence-electron chi connectivity index (χ2n) is 5.81. The van der Waals surface area contributed by atoms with Gasteiger partial charge in [-0.3, -0.25) is 14.9 Å². The van der Waals surface area contributed by atoms with Gasteiger partial charge in [0.05, 0.1) is 15.8 Å². The molecule has 7 heteroatoms. The van der Waals surface area contributed by atoms with E-state index >= 15 is 0 Å². The van der Waals surface area contributed by atoms with Gasteiger partial charge in [0, 0.05) is 17.7 Å². The van der Waals surface area contributed by atoms with E-state index in [4.69, 9.17) is 4.42 Å². The Morgan fingerprint density at radius 2 is 1.78 bits per heavy atom. The quantitative estimate of drug-likeness (QED) is 0.433. The molecule has 0 aliphatic heterocycles. The molecule has 0 saturated heterocycles. The minimum atomic E-state index is -0.447. The van der Waals surface area contributed by atoms with Crippen molar-refractivity contribution in [3.05, 3.63) is 92.7 Å². The second kappa shape index (κ2) is 6.72. The maximum atomic E-state index is 12.1. The number of hydrogen-bond donors (Lipinski definition) is 1. The van der Waals surface area contributed by atoms with Gasteiger partial charge in [0.1, 0.15) is 17.3 Å². The molecule has 0 unspecified atom stereocenters. The molecule has 4 rings (SSSR count). The molecule has 2 heterocycles. The number of hydrogen-bond acceptors (Lipinski definition) is 5. The van der Waals surface area contributed by atoms with Crippen molar-refractivity contribution in [2.75, 3.05) is 0 Å². The number of fused-ring (bicyclic) bond motifs is 1. The number of nitrogens with one attached hydrogen (secondary N) is 1. The van der Waals surface area contributed by atoms with Crippen LogP contribution in [0, 0.1) is 10.1 Å². The first kappa shape index (κ1) is 16.5. The summed E-state index contributed by atoms with van der Waals surface area (Å²) in [5, 5.41) is 11.3. The van der Waals surface area contributed by atoms with Gasteiger partial charge >= 0.3 is 0 Å². The van der Waals surface area contributed by atoms with Gasteiger partial charge in [-0.25, -0.2) is 4.98 Å². The number of nitro benzene ring substituents is 1. The van der Waals surface area contributed by atoms with Crippen LogP contribution in [0.2, 0.25) is 0 Å². The first-order valence-electron chi connectivity index (χ1n) is 8.12. The van der Waals surface area contributed by atoms with Gasteiger partial charge < -0.3 is 9.40 Å². The average Bonchev–Trinajstić information content (AvgIpc) is 3.15. The molecule has 0 radical (unpaired) electrons. The number of H-pyrrole nitrogens is 1. The number of para-hydroxylation sites is 1. The summed E-state index contributed by atoms with van der Waals surface area (Å²) < 4.78 is 5.73. The van der Waals surface area contributed by atoms with Crippen LogP contribution in [-0.2, 0) is 0 Å². The van der Waals surface area contributed by atoms with E-state index in [2.05, 4.69) is 9.97 Å². The van der Waals surface area contributed by atoms with Crippen LogP contribution in [-0.4, -0.2) is 14.9 Å². The molecule has 7 nitrogen and oxygen atoms in total. The van der Waals surface area contributed by atoms with Crippen molar-refractivity contribution in [3.8, 4) is 11.3 Å². The lowest BCUT2D eigenvalue weighted by molar-refractivity contribution is -0.384. The highest BCUT2D eigenvalue weighted by atomic mass is 16.6. The number of benzene rings is 2. The molecule has 1 N–H and O–H groups in total. The van der Waals surface area contributed by atoms with Gasteiger partial charge in [0.15, 0.2) is 0 Å². The van der Waals surface area contributed by atoms with E-state index in [9.17, 15) is 14.9 Å². The number of nitrogens with zero attached hydrogens (tertiary/aromatic N) is 2. The number of nitro groups is 1. The van der Waals surface area contributed by atoms with Crippen molar-refractivity contribution in [1.82, 2.24) is 9.97 Å². The molecule has 0 saturated carbocycles. The van der Waals surface area contributed by atoms with Gasteiger partial charge in [-0.05, 0) is 48.6 Å². The predicted molar refractivity (Wildman–Crippen MR) is 102 cm³/mol. The van der Waals surface area contributed by atoms with Crippen molar-refractivity contribution in [3.63, 3.8) is 0 Å². The lowest BCUT2D eigenvalue weighted by Gasteiger charge is -1.98. The third kappa shape index (κ3) is 3.38. The van der Waals surface area contributed by atoms with E-state index in [1.807, 2.05) is 6.07 Å². The van der Waals surface area contributed by atoms with Crippen LogP contribution in [0.5, 0.6) is 0 Å². The number of non-ortho nitro benzene ring substituents is 1. The Bertz CT molecular complexity index is 1220. The van der Waals surface area contributed by atoms with Gasteiger partial charge in [-0.15, -0.1) is 0 Å². The molecule has 132 valence electrons. The summed E-state index contributed by atoms with van der Waals surface area (Å²) in [6, 6.07) is 16.8. The SMILES string of the molecule is O=c1[nH]c(/C=C/c2ccc(-c3ccc([N+](=O)[O-])cc3)o2)nc2ccccc12. The van der Waals surface area contributed by atoms with Crippen molar-refractivity contribution in [1.29, 1.82) is 0 Å². The number of furan rings is 1. The van der Waals surface area contributed by atoms with Crippen LogP contribution in [0.4, 0.5) is 5.69 Å². The summed E-state index contributed by atoms with van der Waals surface area (Å²) in [6.07, 6.45) is 3.36. The standard InChI is InChI=1S/C20H13N3O4/c24-20-16-3-1-2-4-17(16)21-19(22-20)12-10-15-9-11-18(27-15)13-5-7-14(8-6-13)23(25)26/h1-12H,(H,21,22,24)/b12-10+. The highest BCUT2D eigenvalue weighted by Crippen LogP contribution is 2.25. The summed E-state index contributed by atoms with van der Waals surface area (Å²) in [5.41, 5.74) is 1.17. The highest BCUT2D eigenvalue weighted by Gasteiger charge is 2.08. The monoisotopic (exact) mass is 359 g/mol. The molecule has 0 bridgehead atoms. The maximum absolute atomic E-state index is 12.1. The normalized spacial score (nSPS) is 11.3. The van der Waals surface area contributed by atoms with E-state index < -0.39 is 4.92 Å². The van der Waals surface area contributed by atoms with Crippen LogP contribution in [0.3, 0.4) is 0 Å². The predicted octanol–water partition coefficient (Wildman–Crippen LogP) is 4.26. The maximum Gasteiger partial charge on any atom is 0.269 e. The number of rotatable bonds is 4. The molecule has 0 amide bonds. The highest BCUT2D eigenvalue weighted by molar-refractivity contribution is 5.78. The van der Waals surface area contributed by atoms with Crippen LogP contribution in [0.1, 0.15) is 11.6 Å². The Morgan fingerprint density at radius 3 is 2.56 bits per heavy atom. The van der Waals surface area contributed by atoms with Crippen LogP contribution < -0.4 is 5.56 Å². The Morgan fingerprint density at radius 1 is 1.00 bits per heavy atom. The van der Waals surface area contributed by atoms with Gasteiger partial charge in [-0.1, -0.05) is 12.1 Å². The topological polar surface area (TPSA) is 102 Å². The molecular formula is C20H13N3O4. The fraction of sp³-hybridized carbons (Fsp3) is 0. The van der Waals surface area contributed by atoms with Crippen LogP contribution in [0.15, 0.2) is 69.9 Å². The van der Waals surface area contributed by atoms with E-state index in [1.165, 1.54) is 12.1 Å². The van der Waals surface area contributed by atoms with Crippen molar-refractivity contribution >= 4 is 28.7 Å². The second-order valence-corrected chi connectivity index (χ2v) is 5.81. The molecular weight excluding hydrogens is 346 g/mol. The fourth-order valence-electron chi connectivity index (χ4n) is 2.69. The zero-order chi connectivity index (χ0) is 18.8. The van der Waals surface area contributed by atoms with Gasteiger partial charge in [-0.2, -0.15) is 0 Å². The molecule has 2 aromatic heterocycles. The first-order chi connectivity index (χ1) is 13.1. The molecule has 4 aromatic rings. The Balaban J connectivity index is 1.59. The number of aromatic amines is 1. The van der Waals surface area contributed by atoms with E-state index in [0.717, 1.165) is 5.56 Å². The molecule has 0 aliphatic rings. The minimum absolute atomic E-state index is 0.0248.